The minimum absolute atomic E-state index is 0.0670. The van der Waals surface area contributed by atoms with Gasteiger partial charge in [-0.05, 0) is 30.7 Å². The van der Waals surface area contributed by atoms with Crippen LogP contribution in [0.15, 0.2) is 68.9 Å². The number of hydrogen-bond donors (Lipinski definition) is 2. The largest absolute Gasteiger partial charge is 0.464 e. The second kappa shape index (κ2) is 16.7. The summed E-state index contributed by atoms with van der Waals surface area (Å²) in [7, 11) is 0. The van der Waals surface area contributed by atoms with Crippen LogP contribution in [0.5, 0.6) is 0 Å². The van der Waals surface area contributed by atoms with Crippen LogP contribution in [-0.4, -0.2) is 64.5 Å². The molecule has 0 aliphatic rings. The first-order valence-corrected chi connectivity index (χ1v) is 12.8. The quantitative estimate of drug-likeness (QED) is 0.0841. The number of ether oxygens (including phenoxy) is 3. The van der Waals surface area contributed by atoms with Crippen LogP contribution in [0.2, 0.25) is 0 Å². The molecular weight excluding hydrogens is 544 g/mol. The Morgan fingerprint density at radius 2 is 1.20 bits per heavy atom. The van der Waals surface area contributed by atoms with Crippen LogP contribution in [0, 0.1) is 0 Å². The third-order valence-electron chi connectivity index (χ3n) is 5.45. The first kappa shape index (κ1) is 32.0. The molecule has 14 heteroatoms. The number of carbonyl (C=O) groups is 3. The average molecular weight is 577 g/mol. The molecule has 0 fully saturated rings. The van der Waals surface area contributed by atoms with E-state index < -0.39 is 35.0 Å². The summed E-state index contributed by atoms with van der Waals surface area (Å²) in [5.41, 5.74) is -1.82. The zero-order valence-electron chi connectivity index (χ0n) is 21.9. The Kier molecular flexibility index (Phi) is 13.4. The second-order valence-electron chi connectivity index (χ2n) is 8.18. The molecular formula is C26H32N4O9S. The third kappa shape index (κ3) is 10.2. The summed E-state index contributed by atoms with van der Waals surface area (Å²) in [5.74, 6) is -2.06. The number of rotatable bonds is 17. The number of hydrogen-bond acceptors (Lipinski definition) is 11. The van der Waals surface area contributed by atoms with E-state index in [-0.39, 0.29) is 45.9 Å². The molecule has 0 saturated carbocycles. The van der Waals surface area contributed by atoms with E-state index in [0.29, 0.717) is 26.8 Å². The van der Waals surface area contributed by atoms with Crippen molar-refractivity contribution in [2.24, 2.45) is 0 Å². The summed E-state index contributed by atoms with van der Waals surface area (Å²) in [4.78, 5) is 74.2. The Hall–Kier alpha value is -4.17. The minimum Gasteiger partial charge on any atom is -0.464 e. The number of carbonyl (C=O) groups excluding carboxylic acids is 3. The fraction of sp³-hybridized carbons (Fsp3) is 0.385. The number of thiol groups is 1. The Balaban J connectivity index is 1.99. The number of benzene rings is 1. The molecule has 2 aromatic rings. The zero-order chi connectivity index (χ0) is 29.5. The van der Waals surface area contributed by atoms with Gasteiger partial charge in [0.25, 0.3) is 0 Å². The summed E-state index contributed by atoms with van der Waals surface area (Å²) in [6.07, 6.45) is 2.67. The van der Waals surface area contributed by atoms with Gasteiger partial charge in [0.05, 0.1) is 26.1 Å². The Labute approximate surface area is 235 Å². The van der Waals surface area contributed by atoms with Gasteiger partial charge in [0.2, 0.25) is 0 Å². The van der Waals surface area contributed by atoms with Crippen LogP contribution in [0.3, 0.4) is 0 Å². The summed E-state index contributed by atoms with van der Waals surface area (Å²) >= 11 is 4.24. The number of esters is 3. The van der Waals surface area contributed by atoms with Crippen LogP contribution < -0.4 is 22.4 Å². The van der Waals surface area contributed by atoms with Crippen LogP contribution in [0.25, 0.3) is 0 Å². The Morgan fingerprint density at radius 3 is 1.65 bits per heavy atom. The molecule has 0 aliphatic carbocycles. The number of nitrogens with zero attached hydrogens (tertiary/aromatic N) is 3. The van der Waals surface area contributed by atoms with Gasteiger partial charge in [0, 0.05) is 23.6 Å². The van der Waals surface area contributed by atoms with Gasteiger partial charge in [-0.2, -0.15) is 0 Å². The van der Waals surface area contributed by atoms with Crippen molar-refractivity contribution in [3.63, 3.8) is 0 Å². The standard InChI is InChI=1S/C26H32N4O9S/c1-3-21(31)37-16-13-28-24(34)29(14-17-38-22(32)4-2)26(36)30(25(28)35)15-18-39-23(33)10-12-27-11-9-19-5-7-20(40)8-6-19/h3-8,27,40H,1-2,9-18H2. The predicted octanol–water partition coefficient (Wildman–Crippen LogP) is -0.316. The van der Waals surface area contributed by atoms with Gasteiger partial charge in [-0.3, -0.25) is 4.79 Å². The molecule has 0 radical (unpaired) electrons. The van der Waals surface area contributed by atoms with Crippen molar-refractivity contribution in [3.05, 3.63) is 86.6 Å². The molecule has 40 heavy (non-hydrogen) atoms. The van der Waals surface area contributed by atoms with Gasteiger partial charge >= 0.3 is 35.0 Å². The predicted molar refractivity (Wildman–Crippen MR) is 147 cm³/mol. The SMILES string of the molecule is C=CC(=O)OCCn1c(=O)n(CCOC(=O)C=C)c(=O)n(CCOC(=O)CCNCCc2ccc(S)cc2)c1=O. The summed E-state index contributed by atoms with van der Waals surface area (Å²) < 4.78 is 16.9. The lowest BCUT2D eigenvalue weighted by Crippen LogP contribution is -2.55. The van der Waals surface area contributed by atoms with Gasteiger partial charge in [-0.15, -0.1) is 12.6 Å². The topological polar surface area (TPSA) is 157 Å². The smallest absolute Gasteiger partial charge is 0.336 e. The van der Waals surface area contributed by atoms with Crippen LogP contribution in [-0.2, 0) is 54.6 Å². The molecule has 0 spiro atoms. The lowest BCUT2D eigenvalue weighted by Gasteiger charge is -2.14. The van der Waals surface area contributed by atoms with Crippen LogP contribution in [0.1, 0.15) is 12.0 Å². The van der Waals surface area contributed by atoms with E-state index in [1.807, 2.05) is 24.3 Å². The van der Waals surface area contributed by atoms with Crippen molar-refractivity contribution in [1.29, 1.82) is 0 Å². The van der Waals surface area contributed by atoms with E-state index in [1.165, 1.54) is 0 Å². The Morgan fingerprint density at radius 1 is 0.750 bits per heavy atom. The minimum atomic E-state index is -0.986. The normalized spacial score (nSPS) is 10.5. The lowest BCUT2D eigenvalue weighted by atomic mass is 10.1. The monoisotopic (exact) mass is 576 g/mol. The van der Waals surface area contributed by atoms with E-state index in [0.717, 1.165) is 29.0 Å². The van der Waals surface area contributed by atoms with E-state index in [2.05, 4.69) is 31.1 Å². The summed E-state index contributed by atoms with van der Waals surface area (Å²) in [6, 6.07) is 7.74. The van der Waals surface area contributed by atoms with Crippen molar-refractivity contribution >= 4 is 30.5 Å². The molecule has 216 valence electrons. The average Bonchev–Trinajstić information content (AvgIpc) is 2.94. The van der Waals surface area contributed by atoms with Crippen LogP contribution >= 0.6 is 12.6 Å². The lowest BCUT2D eigenvalue weighted by molar-refractivity contribution is -0.144. The first-order chi connectivity index (χ1) is 19.2. The fourth-order valence-corrected chi connectivity index (χ4v) is 3.53. The van der Waals surface area contributed by atoms with Crippen molar-refractivity contribution in [1.82, 2.24) is 19.0 Å². The molecule has 1 N–H and O–H groups in total. The third-order valence-corrected chi connectivity index (χ3v) is 5.75. The van der Waals surface area contributed by atoms with Crippen molar-refractivity contribution in [2.45, 2.75) is 37.4 Å². The van der Waals surface area contributed by atoms with Crippen molar-refractivity contribution < 1.29 is 28.6 Å². The highest BCUT2D eigenvalue weighted by molar-refractivity contribution is 7.80. The molecule has 0 saturated heterocycles. The van der Waals surface area contributed by atoms with Crippen LogP contribution in [0.4, 0.5) is 0 Å². The molecule has 1 aromatic carbocycles. The number of nitrogens with one attached hydrogen (secondary N) is 1. The highest BCUT2D eigenvalue weighted by atomic mass is 32.1. The van der Waals surface area contributed by atoms with Gasteiger partial charge < -0.3 is 19.5 Å². The number of aromatic nitrogens is 3. The molecule has 13 nitrogen and oxygen atoms in total. The van der Waals surface area contributed by atoms with E-state index in [9.17, 15) is 28.8 Å². The second-order valence-corrected chi connectivity index (χ2v) is 8.70. The first-order valence-electron chi connectivity index (χ1n) is 12.3. The van der Waals surface area contributed by atoms with Gasteiger partial charge in [-0.25, -0.2) is 37.7 Å². The maximum absolute atomic E-state index is 12.9. The molecule has 0 atom stereocenters. The highest BCUT2D eigenvalue weighted by Gasteiger charge is 2.17. The van der Waals surface area contributed by atoms with E-state index in [1.54, 1.807) is 0 Å². The van der Waals surface area contributed by atoms with Gasteiger partial charge in [-0.1, -0.05) is 25.3 Å². The summed E-state index contributed by atoms with van der Waals surface area (Å²) in [5, 5.41) is 3.14. The maximum Gasteiger partial charge on any atom is 0.336 e. The van der Waals surface area contributed by atoms with Gasteiger partial charge in [0.15, 0.2) is 0 Å². The maximum atomic E-state index is 12.9. The van der Waals surface area contributed by atoms with E-state index >= 15 is 0 Å². The molecule has 0 unspecified atom stereocenters. The molecule has 0 aliphatic heterocycles. The highest BCUT2D eigenvalue weighted by Crippen LogP contribution is 2.07. The molecule has 0 bridgehead atoms. The Bertz CT molecular complexity index is 1310. The molecule has 0 amide bonds. The zero-order valence-corrected chi connectivity index (χ0v) is 22.8. The van der Waals surface area contributed by atoms with E-state index in [4.69, 9.17) is 14.2 Å². The fourth-order valence-electron chi connectivity index (χ4n) is 3.38. The van der Waals surface area contributed by atoms with Crippen molar-refractivity contribution in [2.75, 3.05) is 32.9 Å². The molecule has 1 aromatic heterocycles. The summed E-state index contributed by atoms with van der Waals surface area (Å²) in [6.45, 7) is 5.50. The van der Waals surface area contributed by atoms with Gasteiger partial charge in [0.1, 0.15) is 19.8 Å². The van der Waals surface area contributed by atoms with Crippen molar-refractivity contribution in [3.8, 4) is 0 Å². The molecule has 1 heterocycles. The molecule has 2 rings (SSSR count).